The molecule has 0 spiro atoms. The Morgan fingerprint density at radius 3 is 2.97 bits per heavy atom. The third kappa shape index (κ3) is 3.60. The summed E-state index contributed by atoms with van der Waals surface area (Å²) in [6, 6.07) is 17.2. The van der Waals surface area contributed by atoms with E-state index >= 15 is 0 Å². The summed E-state index contributed by atoms with van der Waals surface area (Å²) in [5.74, 6) is 0. The van der Waals surface area contributed by atoms with Gasteiger partial charge < -0.3 is 25.2 Å². The molecule has 1 aliphatic carbocycles. The first kappa shape index (κ1) is 20.1. The number of para-hydroxylation sites is 1. The van der Waals surface area contributed by atoms with Gasteiger partial charge in [0.25, 0.3) is 0 Å². The second-order valence-corrected chi connectivity index (χ2v) is 9.12. The van der Waals surface area contributed by atoms with E-state index in [1.807, 2.05) is 6.07 Å². The van der Waals surface area contributed by atoms with Gasteiger partial charge in [-0.1, -0.05) is 18.2 Å². The number of rotatable bonds is 5. The number of hydrogen-bond donors (Lipinski definition) is 3. The number of nitrogens with zero attached hydrogens (tertiary/aromatic N) is 3. The van der Waals surface area contributed by atoms with Crippen LogP contribution in [0.1, 0.15) is 29.3 Å². The monoisotopic (exact) mass is 439 g/mol. The summed E-state index contributed by atoms with van der Waals surface area (Å²) in [6.07, 6.45) is 6.12. The molecule has 6 rings (SSSR count). The highest BCUT2D eigenvalue weighted by atomic mass is 16.3. The molecule has 0 fully saturated rings. The summed E-state index contributed by atoms with van der Waals surface area (Å²) in [7, 11) is 2.17. The Morgan fingerprint density at radius 2 is 2.03 bits per heavy atom. The van der Waals surface area contributed by atoms with Crippen LogP contribution in [-0.2, 0) is 12.8 Å². The molecule has 2 aromatic heterocycles. The van der Waals surface area contributed by atoms with E-state index in [4.69, 9.17) is 0 Å². The van der Waals surface area contributed by atoms with Gasteiger partial charge >= 0.3 is 0 Å². The predicted molar refractivity (Wildman–Crippen MR) is 135 cm³/mol. The number of likely N-dealkylation sites (N-methyl/N-ethyl adjacent to an activating group) is 1. The summed E-state index contributed by atoms with van der Waals surface area (Å²) in [4.78, 5) is 12.6. The van der Waals surface area contributed by atoms with Crippen LogP contribution in [0.25, 0.3) is 10.9 Å². The Kier molecular flexibility index (Phi) is 4.95. The fraction of sp³-hybridized carbons (Fsp3) is 0.296. The predicted octanol–water partition coefficient (Wildman–Crippen LogP) is 4.79. The molecule has 4 aromatic rings. The van der Waals surface area contributed by atoms with E-state index in [0.29, 0.717) is 0 Å². The number of nitrogens with one attached hydrogen (secondary N) is 2. The van der Waals surface area contributed by atoms with Crippen LogP contribution < -0.4 is 15.1 Å². The number of aliphatic hydroxyl groups is 1. The van der Waals surface area contributed by atoms with Gasteiger partial charge in [0.05, 0.1) is 23.2 Å². The lowest BCUT2D eigenvalue weighted by Gasteiger charge is -2.37. The number of benzene rings is 2. The Labute approximate surface area is 193 Å². The third-order valence-electron chi connectivity index (χ3n) is 7.11. The number of aliphatic hydroxyl groups excluding tert-OH is 1. The van der Waals surface area contributed by atoms with Gasteiger partial charge in [-0.05, 0) is 60.7 Å². The molecule has 3 N–H and O–H groups in total. The molecule has 0 amide bonds. The molecule has 1 atom stereocenters. The molecule has 2 aliphatic rings. The number of fused-ring (bicyclic) bond motifs is 3. The average Bonchev–Trinajstić information content (AvgIpc) is 3.43. The zero-order valence-corrected chi connectivity index (χ0v) is 18.9. The van der Waals surface area contributed by atoms with Crippen LogP contribution in [0.5, 0.6) is 0 Å². The first-order chi connectivity index (χ1) is 16.2. The van der Waals surface area contributed by atoms with Crippen LogP contribution in [0.15, 0.2) is 60.9 Å². The highest BCUT2D eigenvalue weighted by Gasteiger charge is 2.25. The Morgan fingerprint density at radius 1 is 1.12 bits per heavy atom. The molecule has 0 radical (unpaired) electrons. The summed E-state index contributed by atoms with van der Waals surface area (Å²) in [5.41, 5.74) is 9.17. The van der Waals surface area contributed by atoms with Gasteiger partial charge in [0.2, 0.25) is 0 Å². The second-order valence-electron chi connectivity index (χ2n) is 9.12. The molecule has 6 nitrogen and oxygen atoms in total. The van der Waals surface area contributed by atoms with Crippen molar-refractivity contribution in [2.24, 2.45) is 0 Å². The van der Waals surface area contributed by atoms with E-state index < -0.39 is 6.10 Å². The lowest BCUT2D eigenvalue weighted by atomic mass is 10.1. The smallest absolute Gasteiger partial charge is 0.0966 e. The van der Waals surface area contributed by atoms with E-state index in [-0.39, 0.29) is 0 Å². The minimum absolute atomic E-state index is 0.442. The van der Waals surface area contributed by atoms with E-state index in [1.165, 1.54) is 27.8 Å². The van der Waals surface area contributed by atoms with Crippen LogP contribution in [0.2, 0.25) is 0 Å². The number of aromatic amines is 1. The second kappa shape index (κ2) is 8.12. The van der Waals surface area contributed by atoms with E-state index in [2.05, 4.69) is 80.8 Å². The maximum absolute atomic E-state index is 10.2. The van der Waals surface area contributed by atoms with Crippen molar-refractivity contribution in [3.05, 3.63) is 77.7 Å². The third-order valence-corrected chi connectivity index (χ3v) is 7.11. The standard InChI is InChI=1S/C27H29N5O/c1-31-14-15-32(13-11-18-17-29-22-5-3-2-4-20(18)22)24-8-6-19(16-25(24)31)30-23-10-12-28-27-21(23)7-9-26(27)33/h2-6,8,10,12,16-17,26,29,33H,7,9,11,13-15H2,1H3,(H,28,30). The fourth-order valence-electron chi connectivity index (χ4n) is 5.26. The van der Waals surface area contributed by atoms with Gasteiger partial charge in [-0.25, -0.2) is 0 Å². The molecule has 2 aromatic carbocycles. The number of H-pyrrole nitrogens is 1. The van der Waals surface area contributed by atoms with Gasteiger partial charge in [0, 0.05) is 61.4 Å². The molecule has 1 aliphatic heterocycles. The minimum Gasteiger partial charge on any atom is -0.387 e. The first-order valence-corrected chi connectivity index (χ1v) is 11.8. The number of anilines is 4. The van der Waals surface area contributed by atoms with Crippen LogP contribution in [0.3, 0.4) is 0 Å². The van der Waals surface area contributed by atoms with Crippen molar-refractivity contribution in [2.45, 2.75) is 25.4 Å². The first-order valence-electron chi connectivity index (χ1n) is 11.8. The maximum Gasteiger partial charge on any atom is 0.0966 e. The zero-order chi connectivity index (χ0) is 22.4. The Balaban J connectivity index is 1.23. The number of aromatic nitrogens is 2. The van der Waals surface area contributed by atoms with Crippen LogP contribution in [0, 0.1) is 0 Å². The van der Waals surface area contributed by atoms with Crippen molar-refractivity contribution in [2.75, 3.05) is 41.8 Å². The van der Waals surface area contributed by atoms with Crippen molar-refractivity contribution >= 4 is 33.7 Å². The molecule has 3 heterocycles. The summed E-state index contributed by atoms with van der Waals surface area (Å²) >= 11 is 0. The average molecular weight is 440 g/mol. The molecule has 0 saturated carbocycles. The normalized spacial score (nSPS) is 17.3. The Hall–Kier alpha value is -3.51. The van der Waals surface area contributed by atoms with E-state index in [0.717, 1.165) is 61.5 Å². The van der Waals surface area contributed by atoms with Crippen molar-refractivity contribution < 1.29 is 5.11 Å². The maximum atomic E-state index is 10.2. The van der Waals surface area contributed by atoms with Crippen LogP contribution in [-0.4, -0.2) is 41.8 Å². The molecule has 168 valence electrons. The van der Waals surface area contributed by atoms with Crippen molar-refractivity contribution in [1.82, 2.24) is 9.97 Å². The summed E-state index contributed by atoms with van der Waals surface area (Å²) < 4.78 is 0. The zero-order valence-electron chi connectivity index (χ0n) is 18.9. The topological polar surface area (TPSA) is 67.4 Å². The van der Waals surface area contributed by atoms with Gasteiger partial charge in [-0.15, -0.1) is 0 Å². The summed E-state index contributed by atoms with van der Waals surface area (Å²) in [5, 5.41) is 15.1. The molecule has 0 saturated heterocycles. The van der Waals surface area contributed by atoms with Gasteiger partial charge in [0.15, 0.2) is 0 Å². The fourth-order valence-corrected chi connectivity index (χ4v) is 5.26. The van der Waals surface area contributed by atoms with Crippen molar-refractivity contribution in [1.29, 1.82) is 0 Å². The largest absolute Gasteiger partial charge is 0.387 e. The van der Waals surface area contributed by atoms with Crippen molar-refractivity contribution in [3.63, 3.8) is 0 Å². The van der Waals surface area contributed by atoms with Crippen LogP contribution >= 0.6 is 0 Å². The summed E-state index contributed by atoms with van der Waals surface area (Å²) in [6.45, 7) is 3.01. The molecule has 0 bridgehead atoms. The van der Waals surface area contributed by atoms with Gasteiger partial charge in [-0.3, -0.25) is 4.98 Å². The van der Waals surface area contributed by atoms with Crippen molar-refractivity contribution in [3.8, 4) is 0 Å². The highest BCUT2D eigenvalue weighted by Crippen LogP contribution is 2.38. The molecule has 6 heteroatoms. The molecule has 1 unspecified atom stereocenters. The van der Waals surface area contributed by atoms with Crippen LogP contribution in [0.4, 0.5) is 22.7 Å². The highest BCUT2D eigenvalue weighted by molar-refractivity contribution is 5.83. The number of pyridine rings is 1. The quantitative estimate of drug-likeness (QED) is 0.417. The van der Waals surface area contributed by atoms with Gasteiger partial charge in [0.1, 0.15) is 0 Å². The molecule has 33 heavy (non-hydrogen) atoms. The number of hydrogen-bond acceptors (Lipinski definition) is 5. The Bertz CT molecular complexity index is 1310. The SMILES string of the molecule is CN1CCN(CCc2c[nH]c3ccccc23)c2ccc(Nc3ccnc4c3CCC4O)cc21. The van der Waals surface area contributed by atoms with E-state index in [9.17, 15) is 5.11 Å². The molecular formula is C27H29N5O. The van der Waals surface area contributed by atoms with E-state index in [1.54, 1.807) is 6.20 Å². The van der Waals surface area contributed by atoms with Gasteiger partial charge in [-0.2, -0.15) is 0 Å². The molecular weight excluding hydrogens is 410 g/mol. The lowest BCUT2D eigenvalue weighted by molar-refractivity contribution is 0.176. The lowest BCUT2D eigenvalue weighted by Crippen LogP contribution is -2.40. The minimum atomic E-state index is -0.442.